The van der Waals surface area contributed by atoms with Gasteiger partial charge >= 0.3 is 0 Å². The molecule has 0 aliphatic carbocycles. The molecule has 0 spiro atoms. The molecule has 0 fully saturated rings. The minimum absolute atomic E-state index is 0.270. The summed E-state index contributed by atoms with van der Waals surface area (Å²) in [5.41, 5.74) is 2.47. The highest BCUT2D eigenvalue weighted by Gasteiger charge is 2.19. The fourth-order valence-corrected chi connectivity index (χ4v) is 2.58. The van der Waals surface area contributed by atoms with E-state index >= 15 is 0 Å². The SMILES string of the molecule is CCOCCn1nc(C=O)c2nc(N(C)C)nc(Nc3ccc(C)cn3)c21. The third kappa shape index (κ3) is 4.03. The topological polar surface area (TPSA) is 98.1 Å². The van der Waals surface area contributed by atoms with Gasteiger partial charge in [0.05, 0.1) is 13.2 Å². The van der Waals surface area contributed by atoms with E-state index in [9.17, 15) is 4.79 Å². The number of nitrogens with zero attached hydrogens (tertiary/aromatic N) is 6. The van der Waals surface area contributed by atoms with Gasteiger partial charge < -0.3 is 15.0 Å². The third-order valence-corrected chi connectivity index (χ3v) is 3.92. The molecule has 0 radical (unpaired) electrons. The summed E-state index contributed by atoms with van der Waals surface area (Å²) in [5, 5.41) is 7.61. The van der Waals surface area contributed by atoms with Crippen molar-refractivity contribution in [3.05, 3.63) is 29.6 Å². The monoisotopic (exact) mass is 369 g/mol. The van der Waals surface area contributed by atoms with Crippen LogP contribution in [0.25, 0.3) is 11.0 Å². The van der Waals surface area contributed by atoms with E-state index < -0.39 is 0 Å². The summed E-state index contributed by atoms with van der Waals surface area (Å²) in [7, 11) is 3.68. The Labute approximate surface area is 157 Å². The van der Waals surface area contributed by atoms with Gasteiger partial charge in [0.1, 0.15) is 16.9 Å². The number of ether oxygens (including phenoxy) is 1. The molecule has 0 bridgehead atoms. The van der Waals surface area contributed by atoms with Crippen LogP contribution in [0.3, 0.4) is 0 Å². The number of hydrogen-bond acceptors (Lipinski definition) is 8. The van der Waals surface area contributed by atoms with Crippen LogP contribution in [0.5, 0.6) is 0 Å². The van der Waals surface area contributed by atoms with E-state index in [2.05, 4.69) is 25.4 Å². The quantitative estimate of drug-likeness (QED) is 0.477. The summed E-state index contributed by atoms with van der Waals surface area (Å²) < 4.78 is 7.13. The minimum atomic E-state index is 0.270. The van der Waals surface area contributed by atoms with Crippen LogP contribution in [0.2, 0.25) is 0 Å². The molecule has 3 heterocycles. The summed E-state index contributed by atoms with van der Waals surface area (Å²) >= 11 is 0. The van der Waals surface area contributed by atoms with Gasteiger partial charge in [-0.3, -0.25) is 9.48 Å². The largest absolute Gasteiger partial charge is 0.380 e. The number of aldehydes is 1. The lowest BCUT2D eigenvalue weighted by Crippen LogP contribution is -2.15. The van der Waals surface area contributed by atoms with Crippen molar-refractivity contribution in [1.29, 1.82) is 0 Å². The average Bonchev–Trinajstić information content (AvgIpc) is 3.02. The molecular formula is C18H23N7O2. The number of rotatable bonds is 8. The summed E-state index contributed by atoms with van der Waals surface area (Å²) in [6, 6.07) is 3.84. The van der Waals surface area contributed by atoms with Gasteiger partial charge in [0.2, 0.25) is 5.95 Å². The van der Waals surface area contributed by atoms with E-state index in [0.717, 1.165) is 5.56 Å². The summed E-state index contributed by atoms with van der Waals surface area (Å²) in [6.45, 7) is 5.48. The Morgan fingerprint density at radius 1 is 1.30 bits per heavy atom. The number of aryl methyl sites for hydroxylation is 1. The van der Waals surface area contributed by atoms with E-state index in [4.69, 9.17) is 4.74 Å². The molecule has 0 aliphatic heterocycles. The van der Waals surface area contributed by atoms with E-state index in [1.54, 1.807) is 15.8 Å². The average molecular weight is 369 g/mol. The third-order valence-electron chi connectivity index (χ3n) is 3.92. The van der Waals surface area contributed by atoms with Crippen molar-refractivity contribution in [2.75, 3.05) is 37.5 Å². The lowest BCUT2D eigenvalue weighted by atomic mass is 10.3. The van der Waals surface area contributed by atoms with Gasteiger partial charge in [-0.2, -0.15) is 10.1 Å². The Balaban J connectivity index is 2.13. The lowest BCUT2D eigenvalue weighted by molar-refractivity contribution is 0.111. The summed E-state index contributed by atoms with van der Waals surface area (Å²) in [5.74, 6) is 1.66. The predicted molar refractivity (Wildman–Crippen MR) is 104 cm³/mol. The minimum Gasteiger partial charge on any atom is -0.380 e. The standard InChI is InChI=1S/C18H23N7O2/c1-5-27-9-8-25-16-15(13(11-26)23-25)21-18(24(3)4)22-17(16)20-14-7-6-12(2)10-19-14/h6-7,10-11H,5,8-9H2,1-4H3,(H,19,20,21,22). The van der Waals surface area contributed by atoms with Crippen LogP contribution >= 0.6 is 0 Å². The number of nitrogens with one attached hydrogen (secondary N) is 1. The fraction of sp³-hybridized carbons (Fsp3) is 0.389. The zero-order valence-corrected chi connectivity index (χ0v) is 15.9. The van der Waals surface area contributed by atoms with Crippen LogP contribution in [0.15, 0.2) is 18.3 Å². The van der Waals surface area contributed by atoms with Crippen molar-refractivity contribution in [3.63, 3.8) is 0 Å². The fourth-order valence-electron chi connectivity index (χ4n) is 2.58. The molecule has 3 aromatic heterocycles. The Morgan fingerprint density at radius 3 is 2.74 bits per heavy atom. The van der Waals surface area contributed by atoms with Crippen molar-refractivity contribution in [3.8, 4) is 0 Å². The second-order valence-electron chi connectivity index (χ2n) is 6.23. The molecule has 1 N–H and O–H groups in total. The zero-order valence-electron chi connectivity index (χ0n) is 15.9. The van der Waals surface area contributed by atoms with Crippen LogP contribution in [-0.4, -0.2) is 58.3 Å². The highest BCUT2D eigenvalue weighted by Crippen LogP contribution is 2.27. The van der Waals surface area contributed by atoms with Crippen LogP contribution < -0.4 is 10.2 Å². The maximum Gasteiger partial charge on any atom is 0.227 e. The molecule has 0 atom stereocenters. The highest BCUT2D eigenvalue weighted by molar-refractivity contribution is 5.98. The lowest BCUT2D eigenvalue weighted by Gasteiger charge is -2.14. The first kappa shape index (κ1) is 18.7. The molecule has 0 unspecified atom stereocenters. The van der Waals surface area contributed by atoms with Gasteiger partial charge in [-0.05, 0) is 25.5 Å². The normalized spacial score (nSPS) is 11.0. The number of anilines is 3. The van der Waals surface area contributed by atoms with Crippen LogP contribution in [-0.2, 0) is 11.3 Å². The maximum absolute atomic E-state index is 11.5. The number of carbonyl (C=O) groups is 1. The van der Waals surface area contributed by atoms with Gasteiger partial charge in [-0.1, -0.05) is 6.07 Å². The number of pyridine rings is 1. The molecule has 9 nitrogen and oxygen atoms in total. The molecule has 3 rings (SSSR count). The first-order valence-electron chi connectivity index (χ1n) is 8.72. The second-order valence-corrected chi connectivity index (χ2v) is 6.23. The Morgan fingerprint density at radius 2 is 2.11 bits per heavy atom. The van der Waals surface area contributed by atoms with Crippen molar-refractivity contribution in [2.45, 2.75) is 20.4 Å². The van der Waals surface area contributed by atoms with Crippen molar-refractivity contribution >= 4 is 34.9 Å². The van der Waals surface area contributed by atoms with E-state index in [1.807, 2.05) is 40.1 Å². The first-order valence-corrected chi connectivity index (χ1v) is 8.72. The molecule has 0 amide bonds. The van der Waals surface area contributed by atoms with Crippen LogP contribution in [0.4, 0.5) is 17.6 Å². The Hall–Kier alpha value is -3.07. The van der Waals surface area contributed by atoms with Crippen LogP contribution in [0.1, 0.15) is 23.0 Å². The number of hydrogen-bond donors (Lipinski definition) is 1. The molecule has 0 saturated heterocycles. The molecule has 142 valence electrons. The number of fused-ring (bicyclic) bond motifs is 1. The van der Waals surface area contributed by atoms with Crippen molar-refractivity contribution < 1.29 is 9.53 Å². The second kappa shape index (κ2) is 8.09. The van der Waals surface area contributed by atoms with Gasteiger partial charge in [0, 0.05) is 26.9 Å². The Bertz CT molecular complexity index is 935. The first-order chi connectivity index (χ1) is 13.0. The van der Waals surface area contributed by atoms with Gasteiger partial charge in [0.25, 0.3) is 0 Å². The van der Waals surface area contributed by atoms with Crippen molar-refractivity contribution in [2.24, 2.45) is 0 Å². The van der Waals surface area contributed by atoms with Crippen molar-refractivity contribution in [1.82, 2.24) is 24.7 Å². The van der Waals surface area contributed by atoms with E-state index in [-0.39, 0.29) is 5.69 Å². The van der Waals surface area contributed by atoms with E-state index in [0.29, 0.717) is 54.7 Å². The summed E-state index contributed by atoms with van der Waals surface area (Å²) in [6.07, 6.45) is 2.48. The molecule has 0 saturated carbocycles. The number of aromatic nitrogens is 5. The van der Waals surface area contributed by atoms with Gasteiger partial charge in [-0.25, -0.2) is 9.97 Å². The van der Waals surface area contributed by atoms with E-state index in [1.165, 1.54) is 0 Å². The molecule has 0 aromatic carbocycles. The van der Waals surface area contributed by atoms with Crippen LogP contribution in [0, 0.1) is 6.92 Å². The Kier molecular flexibility index (Phi) is 5.60. The smallest absolute Gasteiger partial charge is 0.227 e. The molecular weight excluding hydrogens is 346 g/mol. The molecule has 0 aliphatic rings. The molecule has 27 heavy (non-hydrogen) atoms. The van der Waals surface area contributed by atoms with Gasteiger partial charge in [0.15, 0.2) is 17.8 Å². The highest BCUT2D eigenvalue weighted by atomic mass is 16.5. The zero-order chi connectivity index (χ0) is 19.4. The number of carbonyl (C=O) groups excluding carboxylic acids is 1. The summed E-state index contributed by atoms with van der Waals surface area (Å²) in [4.78, 5) is 26.8. The predicted octanol–water partition coefficient (Wildman–Crippen LogP) is 2.19. The van der Waals surface area contributed by atoms with Gasteiger partial charge in [-0.15, -0.1) is 0 Å². The molecule has 9 heteroatoms. The molecule has 3 aromatic rings. The maximum atomic E-state index is 11.5.